The molecule has 68 valence electrons. The maximum atomic E-state index is 8.90. The van der Waals surface area contributed by atoms with Crippen molar-refractivity contribution in [2.45, 2.75) is 6.92 Å². The number of benzene rings is 1. The van der Waals surface area contributed by atoms with Gasteiger partial charge in [-0.3, -0.25) is 0 Å². The van der Waals surface area contributed by atoms with Gasteiger partial charge in [0.05, 0.1) is 23.3 Å². The molecule has 2 rings (SSSR count). The summed E-state index contributed by atoms with van der Waals surface area (Å²) < 4.78 is 1.86. The van der Waals surface area contributed by atoms with Gasteiger partial charge in [-0.25, -0.2) is 4.98 Å². The molecule has 0 N–H and O–H groups in total. The summed E-state index contributed by atoms with van der Waals surface area (Å²) in [6.07, 6.45) is 3.61. The first-order chi connectivity index (χ1) is 6.81. The molecule has 0 unspecified atom stereocenters. The number of hydrogen-bond donors (Lipinski definition) is 0. The molecule has 0 bridgehead atoms. The molecule has 3 heteroatoms. The van der Waals surface area contributed by atoms with Crippen LogP contribution in [-0.4, -0.2) is 9.55 Å². The summed E-state index contributed by atoms with van der Waals surface area (Å²) in [7, 11) is 0. The predicted molar refractivity (Wildman–Crippen MR) is 53.0 cm³/mol. The van der Waals surface area contributed by atoms with E-state index in [1.54, 1.807) is 12.4 Å². The molecule has 3 nitrogen and oxygen atoms in total. The molecule has 0 aliphatic carbocycles. The summed E-state index contributed by atoms with van der Waals surface area (Å²) in [4.78, 5) is 4.12. The van der Waals surface area contributed by atoms with Crippen molar-refractivity contribution in [2.24, 2.45) is 0 Å². The van der Waals surface area contributed by atoms with E-state index in [0.717, 1.165) is 11.4 Å². The fraction of sp³-hybridized carbons (Fsp3) is 0.0909. The molecule has 0 amide bonds. The minimum atomic E-state index is 0.657. The number of imidazole rings is 1. The summed E-state index contributed by atoms with van der Waals surface area (Å²) in [5.41, 5.74) is 2.47. The summed E-state index contributed by atoms with van der Waals surface area (Å²) in [5, 5.41) is 8.90. The zero-order valence-corrected chi connectivity index (χ0v) is 7.81. The summed E-state index contributed by atoms with van der Waals surface area (Å²) in [5.74, 6) is 0. The van der Waals surface area contributed by atoms with E-state index in [1.807, 2.05) is 35.9 Å². The molecule has 0 saturated heterocycles. The summed E-state index contributed by atoms with van der Waals surface area (Å²) in [6.45, 7) is 1.92. The molecular formula is C11H9N3. The van der Waals surface area contributed by atoms with Crippen LogP contribution in [0.15, 0.2) is 36.8 Å². The van der Waals surface area contributed by atoms with Crippen molar-refractivity contribution in [1.29, 1.82) is 5.26 Å². The van der Waals surface area contributed by atoms with Gasteiger partial charge in [0.2, 0.25) is 0 Å². The van der Waals surface area contributed by atoms with Crippen LogP contribution in [0.3, 0.4) is 0 Å². The van der Waals surface area contributed by atoms with Gasteiger partial charge in [-0.2, -0.15) is 5.26 Å². The molecule has 0 atom stereocenters. The van der Waals surface area contributed by atoms with Gasteiger partial charge in [0.15, 0.2) is 0 Å². The molecule has 0 saturated carbocycles. The highest BCUT2D eigenvalue weighted by Crippen LogP contribution is 2.13. The lowest BCUT2D eigenvalue weighted by molar-refractivity contribution is 1.05. The number of nitriles is 1. The lowest BCUT2D eigenvalue weighted by Crippen LogP contribution is -1.93. The van der Waals surface area contributed by atoms with Crippen LogP contribution in [0.1, 0.15) is 11.3 Å². The fourth-order valence-corrected chi connectivity index (χ4v) is 1.35. The Balaban J connectivity index is 2.57. The zero-order valence-electron chi connectivity index (χ0n) is 7.81. The van der Waals surface area contributed by atoms with Gasteiger partial charge in [-0.1, -0.05) is 12.1 Å². The largest absolute Gasteiger partial charge is 0.305 e. The van der Waals surface area contributed by atoms with Crippen molar-refractivity contribution >= 4 is 0 Å². The van der Waals surface area contributed by atoms with E-state index < -0.39 is 0 Å². The van der Waals surface area contributed by atoms with Crippen LogP contribution >= 0.6 is 0 Å². The van der Waals surface area contributed by atoms with E-state index in [4.69, 9.17) is 5.26 Å². The second-order valence-corrected chi connectivity index (χ2v) is 3.05. The smallest absolute Gasteiger partial charge is 0.101 e. The van der Waals surface area contributed by atoms with E-state index in [1.165, 1.54) is 0 Å². The molecule has 1 aromatic carbocycles. The van der Waals surface area contributed by atoms with E-state index >= 15 is 0 Å². The Morgan fingerprint density at radius 3 is 2.79 bits per heavy atom. The molecule has 2 aromatic rings. The molecule has 0 aliphatic rings. The monoisotopic (exact) mass is 183 g/mol. The SMILES string of the molecule is Cc1cn(-c2ccccc2C#N)cn1. The van der Waals surface area contributed by atoms with Crippen LogP contribution in [0.2, 0.25) is 0 Å². The molecule has 0 radical (unpaired) electrons. The number of aromatic nitrogens is 2. The molecule has 0 aliphatic heterocycles. The van der Waals surface area contributed by atoms with Gasteiger partial charge in [-0.15, -0.1) is 0 Å². The Bertz CT molecular complexity index is 491. The first-order valence-electron chi connectivity index (χ1n) is 4.31. The molecule has 1 aromatic heterocycles. The summed E-state index contributed by atoms with van der Waals surface area (Å²) in [6, 6.07) is 9.61. The lowest BCUT2D eigenvalue weighted by Gasteiger charge is -2.02. The number of hydrogen-bond acceptors (Lipinski definition) is 2. The van der Waals surface area contributed by atoms with Crippen molar-refractivity contribution in [3.05, 3.63) is 48.0 Å². The minimum Gasteiger partial charge on any atom is -0.305 e. The third-order valence-corrected chi connectivity index (χ3v) is 2.01. The van der Waals surface area contributed by atoms with E-state index in [-0.39, 0.29) is 0 Å². The Kier molecular flexibility index (Phi) is 2.04. The summed E-state index contributed by atoms with van der Waals surface area (Å²) >= 11 is 0. The lowest BCUT2D eigenvalue weighted by atomic mass is 10.2. The van der Waals surface area contributed by atoms with E-state index in [0.29, 0.717) is 5.56 Å². The van der Waals surface area contributed by atoms with E-state index in [2.05, 4.69) is 11.1 Å². The van der Waals surface area contributed by atoms with E-state index in [9.17, 15) is 0 Å². The Morgan fingerprint density at radius 1 is 1.36 bits per heavy atom. The normalized spacial score (nSPS) is 9.71. The van der Waals surface area contributed by atoms with Crippen LogP contribution in [0.4, 0.5) is 0 Å². The average Bonchev–Trinajstić information content (AvgIpc) is 2.65. The zero-order chi connectivity index (χ0) is 9.97. The number of aryl methyl sites for hydroxylation is 1. The van der Waals surface area contributed by atoms with Gasteiger partial charge in [0, 0.05) is 6.20 Å². The second-order valence-electron chi connectivity index (χ2n) is 3.05. The minimum absolute atomic E-state index is 0.657. The van der Waals surface area contributed by atoms with Crippen LogP contribution in [0, 0.1) is 18.3 Å². The Morgan fingerprint density at radius 2 is 2.14 bits per heavy atom. The van der Waals surface area contributed by atoms with Crippen LogP contribution in [0.5, 0.6) is 0 Å². The highest BCUT2D eigenvalue weighted by atomic mass is 15.0. The third-order valence-electron chi connectivity index (χ3n) is 2.01. The number of rotatable bonds is 1. The second kappa shape index (κ2) is 3.35. The highest BCUT2D eigenvalue weighted by Gasteiger charge is 2.02. The van der Waals surface area contributed by atoms with Gasteiger partial charge >= 0.3 is 0 Å². The standard InChI is InChI=1S/C11H9N3/c1-9-7-14(8-13-9)11-5-3-2-4-10(11)6-12/h2-5,7-8H,1H3. The molecule has 14 heavy (non-hydrogen) atoms. The average molecular weight is 183 g/mol. The Labute approximate surface area is 82.2 Å². The fourth-order valence-electron chi connectivity index (χ4n) is 1.35. The topological polar surface area (TPSA) is 41.6 Å². The molecule has 0 spiro atoms. The van der Waals surface area contributed by atoms with Crippen molar-refractivity contribution in [3.63, 3.8) is 0 Å². The van der Waals surface area contributed by atoms with Crippen molar-refractivity contribution in [2.75, 3.05) is 0 Å². The maximum Gasteiger partial charge on any atom is 0.101 e. The number of nitrogens with zero attached hydrogens (tertiary/aromatic N) is 3. The van der Waals surface area contributed by atoms with Gasteiger partial charge in [0.25, 0.3) is 0 Å². The highest BCUT2D eigenvalue weighted by molar-refractivity contribution is 5.48. The third kappa shape index (κ3) is 1.38. The maximum absolute atomic E-state index is 8.90. The first-order valence-corrected chi connectivity index (χ1v) is 4.31. The quantitative estimate of drug-likeness (QED) is 0.679. The first kappa shape index (κ1) is 8.52. The molecule has 0 fully saturated rings. The van der Waals surface area contributed by atoms with Gasteiger partial charge < -0.3 is 4.57 Å². The van der Waals surface area contributed by atoms with Crippen molar-refractivity contribution in [1.82, 2.24) is 9.55 Å². The predicted octanol–water partition coefficient (Wildman–Crippen LogP) is 2.05. The van der Waals surface area contributed by atoms with Crippen molar-refractivity contribution < 1.29 is 0 Å². The van der Waals surface area contributed by atoms with Gasteiger partial charge in [0.1, 0.15) is 6.07 Å². The van der Waals surface area contributed by atoms with Crippen molar-refractivity contribution in [3.8, 4) is 11.8 Å². The number of para-hydroxylation sites is 1. The van der Waals surface area contributed by atoms with Crippen LogP contribution in [0.25, 0.3) is 5.69 Å². The Hall–Kier alpha value is -2.08. The van der Waals surface area contributed by atoms with Crippen LogP contribution < -0.4 is 0 Å². The molecular weight excluding hydrogens is 174 g/mol. The van der Waals surface area contributed by atoms with Crippen LogP contribution in [-0.2, 0) is 0 Å². The van der Waals surface area contributed by atoms with Gasteiger partial charge in [-0.05, 0) is 19.1 Å². The molecule has 1 heterocycles.